The lowest BCUT2D eigenvalue weighted by Gasteiger charge is -2.33. The standard InChI is InChI=1S/C24H22FN5O/c1-4-24(3,31)14-16-8-5-11-19-17(16)9-7-13-29(19)22-21-18(25)10-6-12-20(21)30-15(2)27-28-23(30)26-22/h1,5-6,8,10-12,31H,7,9,13-14H2,2-3H3. The van der Waals surface area contributed by atoms with Gasteiger partial charge in [-0.05, 0) is 56.0 Å². The van der Waals surface area contributed by atoms with Crippen molar-refractivity contribution in [3.63, 3.8) is 0 Å². The minimum Gasteiger partial charge on any atom is -0.378 e. The molecule has 1 atom stereocenters. The lowest BCUT2D eigenvalue weighted by molar-refractivity contribution is 0.122. The van der Waals surface area contributed by atoms with Crippen molar-refractivity contribution in [2.24, 2.45) is 0 Å². The summed E-state index contributed by atoms with van der Waals surface area (Å²) < 4.78 is 16.9. The highest BCUT2D eigenvalue weighted by Gasteiger charge is 2.27. The molecule has 0 bridgehead atoms. The van der Waals surface area contributed by atoms with Gasteiger partial charge in [0.1, 0.15) is 23.1 Å². The van der Waals surface area contributed by atoms with Crippen molar-refractivity contribution in [1.82, 2.24) is 19.6 Å². The Balaban J connectivity index is 1.74. The van der Waals surface area contributed by atoms with Gasteiger partial charge in [0, 0.05) is 18.7 Å². The van der Waals surface area contributed by atoms with Crippen LogP contribution < -0.4 is 4.90 Å². The average molecular weight is 415 g/mol. The predicted octanol–water partition coefficient (Wildman–Crippen LogP) is 3.74. The minimum atomic E-state index is -1.23. The Morgan fingerprint density at radius 2 is 2.03 bits per heavy atom. The molecule has 6 nitrogen and oxygen atoms in total. The van der Waals surface area contributed by atoms with Gasteiger partial charge in [0.2, 0.25) is 0 Å². The van der Waals surface area contributed by atoms with Crippen molar-refractivity contribution >= 4 is 28.2 Å². The molecule has 7 heteroatoms. The Kier molecular flexibility index (Phi) is 4.42. The van der Waals surface area contributed by atoms with Crippen LogP contribution >= 0.6 is 0 Å². The van der Waals surface area contributed by atoms with Crippen LogP contribution in [0.2, 0.25) is 0 Å². The molecule has 5 rings (SSSR count). The molecular formula is C24H22FN5O. The first-order chi connectivity index (χ1) is 14.9. The van der Waals surface area contributed by atoms with Crippen LogP contribution in [0.3, 0.4) is 0 Å². The second-order valence-electron chi connectivity index (χ2n) is 8.22. The van der Waals surface area contributed by atoms with Gasteiger partial charge in [-0.1, -0.05) is 24.1 Å². The second-order valence-corrected chi connectivity index (χ2v) is 8.22. The van der Waals surface area contributed by atoms with Gasteiger partial charge in [0.25, 0.3) is 5.78 Å². The largest absolute Gasteiger partial charge is 0.378 e. The second kappa shape index (κ2) is 7.03. The summed E-state index contributed by atoms with van der Waals surface area (Å²) in [6, 6.07) is 10.9. The number of aliphatic hydroxyl groups is 1. The first-order valence-electron chi connectivity index (χ1n) is 10.3. The van der Waals surface area contributed by atoms with Crippen LogP contribution in [0.5, 0.6) is 0 Å². The Morgan fingerprint density at radius 1 is 1.23 bits per heavy atom. The quantitative estimate of drug-likeness (QED) is 0.517. The fraction of sp³-hybridized carbons (Fsp3) is 0.292. The summed E-state index contributed by atoms with van der Waals surface area (Å²) in [6.07, 6.45) is 7.59. The molecule has 1 N–H and O–H groups in total. The van der Waals surface area contributed by atoms with Gasteiger partial charge >= 0.3 is 0 Å². The first-order valence-corrected chi connectivity index (χ1v) is 10.3. The molecule has 0 radical (unpaired) electrons. The smallest absolute Gasteiger partial charge is 0.257 e. The lowest BCUT2D eigenvalue weighted by atomic mass is 9.89. The molecule has 0 saturated carbocycles. The summed E-state index contributed by atoms with van der Waals surface area (Å²) in [5.74, 6) is 3.73. The van der Waals surface area contributed by atoms with Crippen LogP contribution in [0.4, 0.5) is 15.9 Å². The first kappa shape index (κ1) is 19.5. The van der Waals surface area contributed by atoms with Gasteiger partial charge in [-0.2, -0.15) is 4.98 Å². The maximum absolute atomic E-state index is 15.1. The zero-order valence-corrected chi connectivity index (χ0v) is 17.4. The highest BCUT2D eigenvalue weighted by molar-refractivity contribution is 5.94. The molecule has 0 spiro atoms. The molecule has 4 aromatic rings. The number of terminal acetylenes is 1. The molecule has 0 aliphatic carbocycles. The number of nitrogens with zero attached hydrogens (tertiary/aromatic N) is 5. The van der Waals surface area contributed by atoms with E-state index in [2.05, 4.69) is 16.1 Å². The number of aromatic nitrogens is 4. The van der Waals surface area contributed by atoms with Crippen molar-refractivity contribution in [3.8, 4) is 12.3 Å². The molecule has 0 amide bonds. The van der Waals surface area contributed by atoms with Gasteiger partial charge in [-0.25, -0.2) is 4.39 Å². The van der Waals surface area contributed by atoms with Crippen molar-refractivity contribution in [2.75, 3.05) is 11.4 Å². The fourth-order valence-corrected chi connectivity index (χ4v) is 4.48. The monoisotopic (exact) mass is 415 g/mol. The van der Waals surface area contributed by atoms with E-state index in [-0.39, 0.29) is 5.82 Å². The molecule has 1 aliphatic heterocycles. The highest BCUT2D eigenvalue weighted by atomic mass is 19.1. The van der Waals surface area contributed by atoms with E-state index in [0.717, 1.165) is 29.7 Å². The molecule has 1 aliphatic rings. The number of halogens is 1. The molecule has 0 fully saturated rings. The number of fused-ring (bicyclic) bond motifs is 4. The Hall–Kier alpha value is -3.50. The molecule has 0 saturated heterocycles. The number of benzene rings is 2. The van der Waals surface area contributed by atoms with Crippen molar-refractivity contribution < 1.29 is 9.50 Å². The lowest BCUT2D eigenvalue weighted by Crippen LogP contribution is -2.29. The topological polar surface area (TPSA) is 66.5 Å². The summed E-state index contributed by atoms with van der Waals surface area (Å²) in [5.41, 5.74) is 2.50. The normalized spacial score (nSPS) is 15.6. The third kappa shape index (κ3) is 3.11. The van der Waals surface area contributed by atoms with E-state index in [0.29, 0.717) is 41.3 Å². The molecule has 1 unspecified atom stereocenters. The van der Waals surface area contributed by atoms with Crippen LogP contribution in [0.25, 0.3) is 16.7 Å². The number of rotatable bonds is 3. The SMILES string of the molecule is C#CC(C)(O)Cc1cccc2c1CCCN2c1nc2nnc(C)n2c2cccc(F)c12. The van der Waals surface area contributed by atoms with E-state index < -0.39 is 5.60 Å². The fourth-order valence-electron chi connectivity index (χ4n) is 4.48. The number of hydrogen-bond donors (Lipinski definition) is 1. The van der Waals surface area contributed by atoms with Crippen LogP contribution in [0.15, 0.2) is 36.4 Å². The van der Waals surface area contributed by atoms with Crippen LogP contribution in [0, 0.1) is 25.1 Å². The van der Waals surface area contributed by atoms with E-state index >= 15 is 4.39 Å². The van der Waals surface area contributed by atoms with E-state index in [1.165, 1.54) is 6.07 Å². The molecule has 2 aromatic heterocycles. The van der Waals surface area contributed by atoms with Crippen LogP contribution in [0.1, 0.15) is 30.3 Å². The third-order valence-electron chi connectivity index (χ3n) is 5.92. The van der Waals surface area contributed by atoms with Gasteiger partial charge < -0.3 is 10.0 Å². The maximum Gasteiger partial charge on any atom is 0.257 e. The molecule has 2 aromatic carbocycles. The van der Waals surface area contributed by atoms with E-state index in [1.807, 2.05) is 36.1 Å². The molecule has 3 heterocycles. The Bertz CT molecular complexity index is 1370. The number of aryl methyl sites for hydroxylation is 1. The Labute approximate surface area is 179 Å². The van der Waals surface area contributed by atoms with Gasteiger partial charge in [0.15, 0.2) is 0 Å². The van der Waals surface area contributed by atoms with Gasteiger partial charge in [-0.3, -0.25) is 4.40 Å². The molecule has 156 valence electrons. The zero-order chi connectivity index (χ0) is 21.8. The molecule has 31 heavy (non-hydrogen) atoms. The number of hydrogen-bond acceptors (Lipinski definition) is 5. The van der Waals surface area contributed by atoms with Crippen molar-refractivity contribution in [2.45, 2.75) is 38.7 Å². The average Bonchev–Trinajstić information content (AvgIpc) is 3.14. The number of anilines is 2. The van der Waals surface area contributed by atoms with E-state index in [4.69, 9.17) is 11.4 Å². The predicted molar refractivity (Wildman–Crippen MR) is 118 cm³/mol. The summed E-state index contributed by atoms with van der Waals surface area (Å²) in [5, 5.41) is 19.2. The highest BCUT2D eigenvalue weighted by Crippen LogP contribution is 2.39. The van der Waals surface area contributed by atoms with E-state index in [9.17, 15) is 5.11 Å². The maximum atomic E-state index is 15.1. The van der Waals surface area contributed by atoms with Crippen LogP contribution in [-0.4, -0.2) is 36.8 Å². The van der Waals surface area contributed by atoms with Gasteiger partial charge in [-0.15, -0.1) is 16.6 Å². The third-order valence-corrected chi connectivity index (χ3v) is 5.92. The summed E-state index contributed by atoms with van der Waals surface area (Å²) in [7, 11) is 0. The summed E-state index contributed by atoms with van der Waals surface area (Å²) in [4.78, 5) is 6.77. The van der Waals surface area contributed by atoms with E-state index in [1.54, 1.807) is 17.4 Å². The van der Waals surface area contributed by atoms with Crippen LogP contribution in [-0.2, 0) is 12.8 Å². The minimum absolute atomic E-state index is 0.339. The zero-order valence-electron chi connectivity index (χ0n) is 17.4. The molecular weight excluding hydrogens is 393 g/mol. The summed E-state index contributed by atoms with van der Waals surface area (Å²) >= 11 is 0. The van der Waals surface area contributed by atoms with Crippen molar-refractivity contribution in [1.29, 1.82) is 0 Å². The van der Waals surface area contributed by atoms with Crippen molar-refractivity contribution in [3.05, 3.63) is 59.2 Å². The summed E-state index contributed by atoms with van der Waals surface area (Å²) in [6.45, 7) is 4.16. The Morgan fingerprint density at radius 3 is 2.84 bits per heavy atom. The van der Waals surface area contributed by atoms with Gasteiger partial charge in [0.05, 0.1) is 10.9 Å².